The number of hydrogen-bond donors (Lipinski definition) is 0. The summed E-state index contributed by atoms with van der Waals surface area (Å²) in [5.41, 5.74) is 3.64. The van der Waals surface area contributed by atoms with Crippen molar-refractivity contribution in [2.45, 2.75) is 32.2 Å². The Morgan fingerprint density at radius 3 is 2.80 bits per heavy atom. The van der Waals surface area contributed by atoms with Crippen LogP contribution >= 0.6 is 0 Å². The van der Waals surface area contributed by atoms with Gasteiger partial charge in [-0.1, -0.05) is 30.3 Å². The molecule has 0 amide bonds. The Kier molecular flexibility index (Phi) is 3.34. The minimum atomic E-state index is 0.168. The fraction of sp³-hybridized carbons (Fsp3) is 0.312. The number of carbonyl (C=O) groups is 1. The smallest absolute Gasteiger partial charge is 0.166 e. The highest BCUT2D eigenvalue weighted by molar-refractivity contribution is 5.99. The Hall–Kier alpha value is -2.41. The van der Waals surface area contributed by atoms with Crippen molar-refractivity contribution in [1.82, 2.24) is 9.78 Å². The molecule has 0 fully saturated rings. The highest BCUT2D eigenvalue weighted by Gasteiger charge is 2.26. The van der Waals surface area contributed by atoms with Crippen LogP contribution in [0.1, 0.15) is 40.2 Å². The Morgan fingerprint density at radius 2 is 2.05 bits per heavy atom. The van der Waals surface area contributed by atoms with Crippen molar-refractivity contribution in [3.8, 4) is 6.07 Å². The Bertz CT molecular complexity index is 680. The first kappa shape index (κ1) is 12.6. The summed E-state index contributed by atoms with van der Waals surface area (Å²) < 4.78 is 1.70. The van der Waals surface area contributed by atoms with Gasteiger partial charge in [-0.25, -0.2) is 0 Å². The predicted molar refractivity (Wildman–Crippen MR) is 74.4 cm³/mol. The van der Waals surface area contributed by atoms with E-state index in [1.807, 2.05) is 30.3 Å². The summed E-state index contributed by atoms with van der Waals surface area (Å²) in [5.74, 6) is 0.168. The van der Waals surface area contributed by atoms with Crippen LogP contribution in [0.25, 0.3) is 0 Å². The van der Waals surface area contributed by atoms with Gasteiger partial charge in [-0.05, 0) is 18.4 Å². The van der Waals surface area contributed by atoms with Gasteiger partial charge < -0.3 is 0 Å². The Balaban J connectivity index is 2.02. The van der Waals surface area contributed by atoms with E-state index >= 15 is 0 Å². The first-order chi connectivity index (χ1) is 9.79. The van der Waals surface area contributed by atoms with Gasteiger partial charge in [0.1, 0.15) is 6.54 Å². The van der Waals surface area contributed by atoms with E-state index in [9.17, 15) is 4.79 Å². The molecule has 0 saturated carbocycles. The molecule has 100 valence electrons. The van der Waals surface area contributed by atoms with Gasteiger partial charge in [-0.15, -0.1) is 0 Å². The molecule has 2 aromatic rings. The summed E-state index contributed by atoms with van der Waals surface area (Å²) in [7, 11) is 0. The highest BCUT2D eigenvalue weighted by Crippen LogP contribution is 2.26. The number of carbonyl (C=O) groups excluding carboxylic acids is 1. The summed E-state index contributed by atoms with van der Waals surface area (Å²) in [5, 5.41) is 13.4. The number of nitrogens with zero attached hydrogens (tertiary/aromatic N) is 3. The van der Waals surface area contributed by atoms with Crippen LogP contribution in [0.2, 0.25) is 0 Å². The Morgan fingerprint density at radius 1 is 1.25 bits per heavy atom. The van der Waals surface area contributed by atoms with Gasteiger partial charge in [0, 0.05) is 12.8 Å². The van der Waals surface area contributed by atoms with E-state index in [-0.39, 0.29) is 12.3 Å². The van der Waals surface area contributed by atoms with E-state index in [0.29, 0.717) is 12.8 Å². The number of ketones is 1. The molecule has 0 atom stereocenters. The molecular weight excluding hydrogens is 250 g/mol. The molecule has 0 unspecified atom stereocenters. The molecule has 0 saturated heterocycles. The van der Waals surface area contributed by atoms with Crippen LogP contribution in [-0.2, 0) is 19.4 Å². The SMILES string of the molecule is N#CCn1nc(Cc2ccccc2)c2c1CCCC2=O. The lowest BCUT2D eigenvalue weighted by Crippen LogP contribution is -2.14. The number of fused-ring (bicyclic) bond motifs is 1. The van der Waals surface area contributed by atoms with Crippen molar-refractivity contribution in [3.05, 3.63) is 52.8 Å². The zero-order chi connectivity index (χ0) is 13.9. The lowest BCUT2D eigenvalue weighted by molar-refractivity contribution is 0.0971. The van der Waals surface area contributed by atoms with Crippen LogP contribution in [-0.4, -0.2) is 15.6 Å². The molecule has 0 aliphatic heterocycles. The van der Waals surface area contributed by atoms with E-state index in [1.54, 1.807) is 4.68 Å². The van der Waals surface area contributed by atoms with Crippen molar-refractivity contribution in [2.75, 3.05) is 0 Å². The fourth-order valence-electron chi connectivity index (χ4n) is 2.78. The maximum absolute atomic E-state index is 12.2. The number of rotatable bonds is 3. The number of benzene rings is 1. The molecule has 1 aliphatic carbocycles. The maximum Gasteiger partial charge on any atom is 0.166 e. The molecular formula is C16H15N3O. The predicted octanol–water partition coefficient (Wildman–Crippen LogP) is 2.52. The van der Waals surface area contributed by atoms with Crippen LogP contribution in [0.5, 0.6) is 0 Å². The maximum atomic E-state index is 12.2. The van der Waals surface area contributed by atoms with Gasteiger partial charge in [0.25, 0.3) is 0 Å². The third-order valence-corrected chi connectivity index (χ3v) is 3.66. The number of Topliss-reactive ketones (excluding diaryl/α,β-unsaturated/α-hetero) is 1. The summed E-state index contributed by atoms with van der Waals surface area (Å²) in [6.45, 7) is 0.213. The fourth-order valence-corrected chi connectivity index (χ4v) is 2.78. The van der Waals surface area contributed by atoms with Gasteiger partial charge in [0.05, 0.1) is 23.0 Å². The number of nitriles is 1. The molecule has 1 aromatic carbocycles. The zero-order valence-electron chi connectivity index (χ0n) is 11.2. The molecule has 0 bridgehead atoms. The third-order valence-electron chi connectivity index (χ3n) is 3.66. The van der Waals surface area contributed by atoms with Gasteiger partial charge >= 0.3 is 0 Å². The van der Waals surface area contributed by atoms with Gasteiger partial charge in [-0.2, -0.15) is 10.4 Å². The molecule has 4 nitrogen and oxygen atoms in total. The molecule has 4 heteroatoms. The zero-order valence-corrected chi connectivity index (χ0v) is 11.2. The van der Waals surface area contributed by atoms with Gasteiger partial charge in [-0.3, -0.25) is 9.48 Å². The average Bonchev–Trinajstić information content (AvgIpc) is 2.80. The normalized spacial score (nSPS) is 13.8. The van der Waals surface area contributed by atoms with Crippen molar-refractivity contribution in [3.63, 3.8) is 0 Å². The molecule has 0 N–H and O–H groups in total. The van der Waals surface area contributed by atoms with Gasteiger partial charge in [0.2, 0.25) is 0 Å². The largest absolute Gasteiger partial charge is 0.294 e. The number of hydrogen-bond acceptors (Lipinski definition) is 3. The summed E-state index contributed by atoms with van der Waals surface area (Å²) in [6, 6.07) is 12.1. The number of aromatic nitrogens is 2. The van der Waals surface area contributed by atoms with Crippen molar-refractivity contribution in [1.29, 1.82) is 5.26 Å². The van der Waals surface area contributed by atoms with E-state index in [0.717, 1.165) is 35.4 Å². The van der Waals surface area contributed by atoms with Crippen LogP contribution in [0.3, 0.4) is 0 Å². The van der Waals surface area contributed by atoms with E-state index in [1.165, 1.54) is 0 Å². The monoisotopic (exact) mass is 265 g/mol. The average molecular weight is 265 g/mol. The summed E-state index contributed by atoms with van der Waals surface area (Å²) in [4.78, 5) is 12.2. The standard InChI is InChI=1S/C16H15N3O/c17-9-10-19-14-7-4-8-15(20)16(14)13(18-19)11-12-5-2-1-3-6-12/h1-3,5-6H,4,7-8,10-11H2. The quantitative estimate of drug-likeness (QED) is 0.856. The van der Waals surface area contributed by atoms with Crippen LogP contribution < -0.4 is 0 Å². The minimum absolute atomic E-state index is 0.168. The molecule has 0 radical (unpaired) electrons. The molecule has 1 heterocycles. The summed E-state index contributed by atoms with van der Waals surface area (Å²) in [6.07, 6.45) is 2.93. The first-order valence-electron chi connectivity index (χ1n) is 6.82. The first-order valence-corrected chi connectivity index (χ1v) is 6.82. The molecule has 20 heavy (non-hydrogen) atoms. The van der Waals surface area contributed by atoms with Gasteiger partial charge in [0.15, 0.2) is 5.78 Å². The topological polar surface area (TPSA) is 58.7 Å². The van der Waals surface area contributed by atoms with E-state index in [4.69, 9.17) is 5.26 Å². The molecule has 3 rings (SSSR count). The van der Waals surface area contributed by atoms with Crippen LogP contribution in [0.4, 0.5) is 0 Å². The Labute approximate surface area is 117 Å². The van der Waals surface area contributed by atoms with Crippen molar-refractivity contribution < 1.29 is 4.79 Å². The second-order valence-corrected chi connectivity index (χ2v) is 5.02. The lowest BCUT2D eigenvalue weighted by atomic mass is 9.92. The molecule has 0 spiro atoms. The second kappa shape index (κ2) is 5.30. The second-order valence-electron chi connectivity index (χ2n) is 5.02. The van der Waals surface area contributed by atoms with Crippen molar-refractivity contribution >= 4 is 5.78 Å². The van der Waals surface area contributed by atoms with Crippen LogP contribution in [0.15, 0.2) is 30.3 Å². The van der Waals surface area contributed by atoms with E-state index in [2.05, 4.69) is 11.2 Å². The van der Waals surface area contributed by atoms with Crippen LogP contribution in [0, 0.1) is 11.3 Å². The lowest BCUT2D eigenvalue weighted by Gasteiger charge is -2.12. The molecule has 1 aromatic heterocycles. The van der Waals surface area contributed by atoms with E-state index < -0.39 is 0 Å². The summed E-state index contributed by atoms with van der Waals surface area (Å²) >= 11 is 0. The highest BCUT2D eigenvalue weighted by atomic mass is 16.1. The molecule has 1 aliphatic rings. The third kappa shape index (κ3) is 2.23. The van der Waals surface area contributed by atoms with Crippen molar-refractivity contribution in [2.24, 2.45) is 0 Å². The minimum Gasteiger partial charge on any atom is -0.294 e.